The van der Waals surface area contributed by atoms with Gasteiger partial charge in [-0.05, 0) is 27.4 Å². The molecule has 0 aliphatic heterocycles. The Balaban J connectivity index is 0. The summed E-state index contributed by atoms with van der Waals surface area (Å²) in [6, 6.07) is 0. The zero-order chi connectivity index (χ0) is 6.83. The molecule has 1 nitrogen and oxygen atoms in total. The molecule has 0 aliphatic rings. The molecule has 0 rings (SSSR count). The topological polar surface area (TPSA) is 12.0 Å². The van der Waals surface area contributed by atoms with Crippen LogP contribution in [0.15, 0.2) is 12.2 Å². The fraction of sp³-hybridized carbons (Fsp3) is 0.714. The zero-order valence-electron chi connectivity index (χ0n) is 6.36. The molecule has 50 valence electrons. The van der Waals surface area contributed by atoms with Crippen LogP contribution < -0.4 is 5.32 Å². The molecule has 0 aromatic heterocycles. The first-order valence-corrected chi connectivity index (χ1v) is 3.05. The average molecular weight is 115 g/mol. The van der Waals surface area contributed by atoms with E-state index in [1.807, 2.05) is 33.0 Å². The molecule has 0 saturated heterocycles. The Morgan fingerprint density at radius 2 is 1.50 bits per heavy atom. The summed E-state index contributed by atoms with van der Waals surface area (Å²) in [5, 5.41) is 2.93. The molecule has 0 heterocycles. The molecule has 0 radical (unpaired) electrons. The lowest BCUT2D eigenvalue weighted by atomic mass is 10.6. The highest BCUT2D eigenvalue weighted by atomic mass is 14.8. The van der Waals surface area contributed by atoms with Gasteiger partial charge in [0.25, 0.3) is 0 Å². The normalized spacial score (nSPS) is 8.50. The summed E-state index contributed by atoms with van der Waals surface area (Å²) in [7, 11) is 1.93. The molecule has 0 unspecified atom stereocenters. The van der Waals surface area contributed by atoms with E-state index in [9.17, 15) is 0 Å². The minimum Gasteiger partial charge on any atom is -0.320 e. The molecule has 0 amide bonds. The zero-order valence-corrected chi connectivity index (χ0v) is 6.36. The van der Waals surface area contributed by atoms with E-state index in [2.05, 4.69) is 12.2 Å². The van der Waals surface area contributed by atoms with Gasteiger partial charge in [0.1, 0.15) is 0 Å². The van der Waals surface area contributed by atoms with Crippen LogP contribution in [-0.2, 0) is 0 Å². The summed E-state index contributed by atoms with van der Waals surface area (Å²) in [5.41, 5.74) is 0. The molecule has 8 heavy (non-hydrogen) atoms. The smallest absolute Gasteiger partial charge is 0.00804 e. The van der Waals surface area contributed by atoms with Crippen molar-refractivity contribution in [3.8, 4) is 0 Å². The van der Waals surface area contributed by atoms with Gasteiger partial charge < -0.3 is 5.32 Å². The molecule has 1 heteroatoms. The molecule has 0 aliphatic carbocycles. The molecule has 0 bridgehead atoms. The van der Waals surface area contributed by atoms with Crippen molar-refractivity contribution in [2.45, 2.75) is 20.8 Å². The summed E-state index contributed by atoms with van der Waals surface area (Å²) in [5.74, 6) is 0. The van der Waals surface area contributed by atoms with Gasteiger partial charge in [0.15, 0.2) is 0 Å². The fourth-order valence-corrected chi connectivity index (χ4v) is 0. The van der Waals surface area contributed by atoms with E-state index in [1.165, 1.54) is 0 Å². The Labute approximate surface area is 52.8 Å². The molecular formula is C7H17N. The summed E-state index contributed by atoms with van der Waals surface area (Å²) in [4.78, 5) is 0. The predicted molar refractivity (Wildman–Crippen MR) is 40.1 cm³/mol. The number of hydrogen-bond acceptors (Lipinski definition) is 1. The third kappa shape index (κ3) is 43.6. The maximum absolute atomic E-state index is 2.93. The van der Waals surface area contributed by atoms with Crippen molar-refractivity contribution in [2.24, 2.45) is 0 Å². The lowest BCUT2D eigenvalue weighted by molar-refractivity contribution is 0.864. The van der Waals surface area contributed by atoms with Gasteiger partial charge >= 0.3 is 0 Å². The van der Waals surface area contributed by atoms with E-state index < -0.39 is 0 Å². The van der Waals surface area contributed by atoms with Crippen LogP contribution in [0.1, 0.15) is 20.8 Å². The number of nitrogens with one attached hydrogen (secondary N) is 1. The van der Waals surface area contributed by atoms with Gasteiger partial charge in [0, 0.05) is 0 Å². The highest BCUT2D eigenvalue weighted by molar-refractivity contribution is 4.68. The molecule has 1 N–H and O–H groups in total. The fourth-order valence-electron chi connectivity index (χ4n) is 0. The van der Waals surface area contributed by atoms with Gasteiger partial charge in [-0.1, -0.05) is 19.1 Å². The third-order valence-corrected chi connectivity index (χ3v) is 0.687. The van der Waals surface area contributed by atoms with E-state index >= 15 is 0 Å². The monoisotopic (exact) mass is 115 g/mol. The lowest BCUT2D eigenvalue weighted by Crippen LogP contribution is -2.01. The Bertz CT molecular complexity index is 33.7. The van der Waals surface area contributed by atoms with E-state index in [1.54, 1.807) is 0 Å². The molecule has 0 atom stereocenters. The first-order valence-electron chi connectivity index (χ1n) is 3.05. The molecule has 0 aromatic carbocycles. The molecular weight excluding hydrogens is 98.1 g/mol. The molecule has 0 saturated carbocycles. The van der Waals surface area contributed by atoms with Gasteiger partial charge in [-0.25, -0.2) is 0 Å². The summed E-state index contributed by atoms with van der Waals surface area (Å²) in [6.45, 7) is 7.14. The second kappa shape index (κ2) is 15.9. The lowest BCUT2D eigenvalue weighted by Gasteiger charge is -1.76. The Morgan fingerprint density at radius 3 is 1.50 bits per heavy atom. The molecule has 0 aromatic rings. The number of hydrogen-bond donors (Lipinski definition) is 1. The largest absolute Gasteiger partial charge is 0.320 e. The van der Waals surface area contributed by atoms with Crippen LogP contribution in [0.4, 0.5) is 0 Å². The second-order valence-electron chi connectivity index (χ2n) is 1.37. The Morgan fingerprint density at radius 1 is 1.25 bits per heavy atom. The summed E-state index contributed by atoms with van der Waals surface area (Å²) < 4.78 is 0. The van der Waals surface area contributed by atoms with E-state index in [0.717, 1.165) is 6.54 Å². The first-order chi connectivity index (χ1) is 3.83. The minimum atomic E-state index is 1.07. The van der Waals surface area contributed by atoms with Gasteiger partial charge in [0.2, 0.25) is 0 Å². The maximum Gasteiger partial charge on any atom is -0.00804 e. The van der Waals surface area contributed by atoms with Crippen molar-refractivity contribution in [3.05, 3.63) is 12.2 Å². The van der Waals surface area contributed by atoms with Crippen molar-refractivity contribution in [2.75, 3.05) is 13.6 Å². The van der Waals surface area contributed by atoms with E-state index in [-0.39, 0.29) is 0 Å². The van der Waals surface area contributed by atoms with Crippen molar-refractivity contribution in [3.63, 3.8) is 0 Å². The second-order valence-corrected chi connectivity index (χ2v) is 1.37. The number of allylic oxidation sites excluding steroid dienone is 2. The van der Waals surface area contributed by atoms with E-state index in [0.29, 0.717) is 0 Å². The van der Waals surface area contributed by atoms with Gasteiger partial charge in [0.05, 0.1) is 0 Å². The van der Waals surface area contributed by atoms with Gasteiger partial charge in [-0.3, -0.25) is 0 Å². The van der Waals surface area contributed by atoms with Crippen molar-refractivity contribution in [1.82, 2.24) is 5.32 Å². The predicted octanol–water partition coefficient (Wildman–Crippen LogP) is 1.81. The standard InChI is InChI=1S/C4H8.C3H9N/c2*1-3-4-2/h3-4H,1-2H3;4H,3H2,1-2H3/b4-3-;. The van der Waals surface area contributed by atoms with Crippen molar-refractivity contribution < 1.29 is 0 Å². The molecule has 0 spiro atoms. The Hall–Kier alpha value is -0.300. The average Bonchev–Trinajstić information content (AvgIpc) is 1.88. The van der Waals surface area contributed by atoms with Crippen LogP contribution in [0, 0.1) is 0 Å². The van der Waals surface area contributed by atoms with E-state index in [4.69, 9.17) is 0 Å². The van der Waals surface area contributed by atoms with Crippen molar-refractivity contribution in [1.29, 1.82) is 0 Å². The van der Waals surface area contributed by atoms with Crippen LogP contribution in [0.2, 0.25) is 0 Å². The van der Waals surface area contributed by atoms with Gasteiger partial charge in [-0.2, -0.15) is 0 Å². The maximum atomic E-state index is 2.93. The first kappa shape index (κ1) is 10.6. The van der Waals surface area contributed by atoms with Crippen molar-refractivity contribution >= 4 is 0 Å². The third-order valence-electron chi connectivity index (χ3n) is 0.687. The van der Waals surface area contributed by atoms with Crippen LogP contribution >= 0.6 is 0 Å². The quantitative estimate of drug-likeness (QED) is 0.514. The Kier molecular flexibility index (Phi) is 21.1. The highest BCUT2D eigenvalue weighted by Crippen LogP contribution is 1.57. The summed E-state index contributed by atoms with van der Waals surface area (Å²) >= 11 is 0. The highest BCUT2D eigenvalue weighted by Gasteiger charge is 1.50. The van der Waals surface area contributed by atoms with Crippen LogP contribution in [0.3, 0.4) is 0 Å². The summed E-state index contributed by atoms with van der Waals surface area (Å²) in [6.07, 6.45) is 4.00. The SMILES string of the molecule is C/C=C\C.CCNC. The number of rotatable bonds is 1. The minimum absolute atomic E-state index is 1.07. The molecule has 0 fully saturated rings. The van der Waals surface area contributed by atoms with Gasteiger partial charge in [-0.15, -0.1) is 0 Å². The van der Waals surface area contributed by atoms with Crippen LogP contribution in [-0.4, -0.2) is 13.6 Å². The van der Waals surface area contributed by atoms with Crippen LogP contribution in [0.5, 0.6) is 0 Å². The van der Waals surface area contributed by atoms with Crippen LogP contribution in [0.25, 0.3) is 0 Å².